The summed E-state index contributed by atoms with van der Waals surface area (Å²) < 4.78 is 47.2. The van der Waals surface area contributed by atoms with Crippen LogP contribution in [0.4, 0.5) is 18.0 Å². The largest absolute Gasteiger partial charge is 0.491 e. The van der Waals surface area contributed by atoms with Crippen molar-refractivity contribution in [3.63, 3.8) is 0 Å². The maximum Gasteiger partial charge on any atom is 0.440 e. The van der Waals surface area contributed by atoms with Gasteiger partial charge in [-0.2, -0.15) is 13.2 Å². The lowest BCUT2D eigenvalue weighted by Gasteiger charge is -2.10. The molecule has 2 aromatic rings. The molecule has 0 saturated heterocycles. The summed E-state index contributed by atoms with van der Waals surface area (Å²) in [6.45, 7) is 1.90. The van der Waals surface area contributed by atoms with E-state index in [-0.39, 0.29) is 29.9 Å². The zero-order valence-electron chi connectivity index (χ0n) is 16.0. The van der Waals surface area contributed by atoms with Crippen LogP contribution >= 0.6 is 0 Å². The Bertz CT molecular complexity index is 935. The van der Waals surface area contributed by atoms with Gasteiger partial charge in [0.05, 0.1) is 6.61 Å². The van der Waals surface area contributed by atoms with Gasteiger partial charge in [0.15, 0.2) is 0 Å². The molecule has 11 heteroatoms. The smallest absolute Gasteiger partial charge is 0.440 e. The molecule has 0 aliphatic heterocycles. The molecule has 0 radical (unpaired) electrons. The van der Waals surface area contributed by atoms with E-state index in [0.29, 0.717) is 12.1 Å². The Labute approximate surface area is 164 Å². The highest BCUT2D eigenvalue weighted by Crippen LogP contribution is 2.29. The molecule has 2 rings (SSSR count). The van der Waals surface area contributed by atoms with Crippen LogP contribution in [0.2, 0.25) is 0 Å². The molecule has 1 aromatic carbocycles. The van der Waals surface area contributed by atoms with Crippen LogP contribution < -0.4 is 4.74 Å². The number of alkyl halides is 3. The van der Waals surface area contributed by atoms with E-state index in [9.17, 15) is 22.8 Å². The first-order valence-electron chi connectivity index (χ1n) is 8.54. The molecule has 1 amide bonds. The van der Waals surface area contributed by atoms with E-state index >= 15 is 0 Å². The Morgan fingerprint density at radius 3 is 2.52 bits per heavy atom. The Hall–Kier alpha value is -3.08. The average molecular weight is 415 g/mol. The van der Waals surface area contributed by atoms with Gasteiger partial charge in [0, 0.05) is 43.3 Å². The highest BCUT2D eigenvalue weighted by molar-refractivity contribution is 6.49. The molecule has 0 bridgehead atoms. The lowest BCUT2D eigenvalue weighted by molar-refractivity contribution is -0.0605. The quantitative estimate of drug-likeness (QED) is 0.325. The van der Waals surface area contributed by atoms with E-state index in [1.165, 1.54) is 26.4 Å². The number of benzene rings is 1. The molecule has 1 aromatic heterocycles. The number of carbonyl (C=O) groups excluding carboxylic acids is 2. The number of hydrogen-bond acceptors (Lipinski definition) is 6. The summed E-state index contributed by atoms with van der Waals surface area (Å²) in [7, 11) is 2.52. The summed E-state index contributed by atoms with van der Waals surface area (Å²) in [4.78, 5) is 29.2. The molecule has 0 saturated carbocycles. The van der Waals surface area contributed by atoms with Crippen molar-refractivity contribution in [2.24, 2.45) is 5.16 Å². The van der Waals surface area contributed by atoms with Gasteiger partial charge >= 0.3 is 12.3 Å². The highest BCUT2D eigenvalue weighted by Gasteiger charge is 2.43. The van der Waals surface area contributed by atoms with Crippen LogP contribution in [0, 0.1) is 0 Å². The van der Waals surface area contributed by atoms with E-state index in [4.69, 9.17) is 9.84 Å². The SMILES string of the molecule is CCn1cc(C(=O)/C(=N\OC(=O)N(C)C)C(F)(F)F)c2cc(OCCO)ccc21. The Morgan fingerprint density at radius 2 is 1.97 bits per heavy atom. The van der Waals surface area contributed by atoms with E-state index in [2.05, 4.69) is 9.99 Å². The zero-order valence-corrected chi connectivity index (χ0v) is 16.0. The van der Waals surface area contributed by atoms with E-state index in [1.807, 2.05) is 0 Å². The minimum absolute atomic E-state index is 0.0149. The fraction of sp³-hybridized carbons (Fsp3) is 0.389. The predicted molar refractivity (Wildman–Crippen MR) is 98.2 cm³/mol. The number of carbonyl (C=O) groups is 2. The number of ether oxygens (including phenoxy) is 1. The van der Waals surface area contributed by atoms with Gasteiger partial charge in [-0.1, -0.05) is 5.16 Å². The second-order valence-corrected chi connectivity index (χ2v) is 6.10. The van der Waals surface area contributed by atoms with Crippen molar-refractivity contribution in [1.29, 1.82) is 0 Å². The topological polar surface area (TPSA) is 93.4 Å². The molecule has 0 fully saturated rings. The predicted octanol–water partition coefficient (Wildman–Crippen LogP) is 2.83. The fourth-order valence-electron chi connectivity index (χ4n) is 2.49. The molecule has 0 aliphatic rings. The third-order valence-corrected chi connectivity index (χ3v) is 3.86. The second-order valence-electron chi connectivity index (χ2n) is 6.10. The van der Waals surface area contributed by atoms with Gasteiger partial charge in [-0.05, 0) is 25.1 Å². The zero-order chi connectivity index (χ0) is 21.8. The molecule has 0 spiro atoms. The van der Waals surface area contributed by atoms with Gasteiger partial charge in [0.1, 0.15) is 12.4 Å². The van der Waals surface area contributed by atoms with E-state index in [1.54, 1.807) is 23.6 Å². The molecule has 0 aliphatic carbocycles. The Balaban J connectivity index is 2.54. The molecule has 158 valence electrons. The summed E-state index contributed by atoms with van der Waals surface area (Å²) in [5, 5.41) is 11.9. The normalized spacial score (nSPS) is 12.2. The number of oxime groups is 1. The fourth-order valence-corrected chi connectivity index (χ4v) is 2.49. The van der Waals surface area contributed by atoms with E-state index in [0.717, 1.165) is 4.90 Å². The molecule has 8 nitrogen and oxygen atoms in total. The maximum atomic E-state index is 13.4. The van der Waals surface area contributed by atoms with Crippen molar-refractivity contribution < 1.29 is 37.4 Å². The number of aromatic nitrogens is 1. The maximum absolute atomic E-state index is 13.4. The van der Waals surface area contributed by atoms with Crippen LogP contribution in [-0.2, 0) is 11.4 Å². The Kier molecular flexibility index (Phi) is 6.85. The molecular formula is C18H20F3N3O5. The molecule has 29 heavy (non-hydrogen) atoms. The van der Waals surface area contributed by atoms with Gasteiger partial charge < -0.3 is 19.3 Å². The van der Waals surface area contributed by atoms with Crippen LogP contribution in [0.25, 0.3) is 10.9 Å². The third kappa shape index (κ3) is 5.05. The number of aliphatic hydroxyl groups is 1. The van der Waals surface area contributed by atoms with Crippen LogP contribution in [0.1, 0.15) is 17.3 Å². The van der Waals surface area contributed by atoms with Crippen molar-refractivity contribution in [2.75, 3.05) is 27.3 Å². The summed E-state index contributed by atoms with van der Waals surface area (Å²) in [5.41, 5.74) is -1.61. The molecule has 1 heterocycles. The number of Topliss-reactive ketones (excluding diaryl/α,β-unsaturated/α-hetero) is 1. The number of fused-ring (bicyclic) bond motifs is 1. The number of amides is 1. The van der Waals surface area contributed by atoms with E-state index < -0.39 is 23.8 Å². The molecule has 0 unspecified atom stereocenters. The van der Waals surface area contributed by atoms with Crippen LogP contribution in [-0.4, -0.2) is 65.6 Å². The molecule has 1 N–H and O–H groups in total. The molecular weight excluding hydrogens is 395 g/mol. The number of hydrogen-bond donors (Lipinski definition) is 1. The number of aliphatic hydroxyl groups excluding tert-OH is 1. The minimum atomic E-state index is -5.14. The standard InChI is InChI=1S/C18H20F3N3O5/c1-4-24-10-13(12-9-11(28-8-7-25)5-6-14(12)24)15(26)16(18(19,20)21)22-29-17(27)23(2)3/h5-6,9-10,25H,4,7-8H2,1-3H3/b22-16+. The van der Waals surface area contributed by atoms with Gasteiger partial charge in [0.2, 0.25) is 11.5 Å². The van der Waals surface area contributed by atoms with Crippen molar-refractivity contribution in [2.45, 2.75) is 19.6 Å². The number of ketones is 1. The van der Waals surface area contributed by atoms with Crippen molar-refractivity contribution in [3.8, 4) is 5.75 Å². The molecule has 0 atom stereocenters. The highest BCUT2D eigenvalue weighted by atomic mass is 19.4. The summed E-state index contributed by atoms with van der Waals surface area (Å²) >= 11 is 0. The first-order valence-corrected chi connectivity index (χ1v) is 8.54. The van der Waals surface area contributed by atoms with Crippen LogP contribution in [0.3, 0.4) is 0 Å². The van der Waals surface area contributed by atoms with Crippen LogP contribution in [0.5, 0.6) is 5.75 Å². The number of aryl methyl sites for hydroxylation is 1. The summed E-state index contributed by atoms with van der Waals surface area (Å²) in [6.07, 6.45) is -5.03. The number of halogens is 3. The lowest BCUT2D eigenvalue weighted by atomic mass is 10.1. The van der Waals surface area contributed by atoms with Crippen molar-refractivity contribution in [1.82, 2.24) is 9.47 Å². The van der Waals surface area contributed by atoms with Crippen molar-refractivity contribution in [3.05, 3.63) is 30.0 Å². The van der Waals surface area contributed by atoms with Gasteiger partial charge in [-0.15, -0.1) is 0 Å². The third-order valence-electron chi connectivity index (χ3n) is 3.86. The second kappa shape index (κ2) is 8.95. The van der Waals surface area contributed by atoms with Gasteiger partial charge in [-0.25, -0.2) is 4.79 Å². The summed E-state index contributed by atoms with van der Waals surface area (Å²) in [6, 6.07) is 4.58. The lowest BCUT2D eigenvalue weighted by Crippen LogP contribution is -2.32. The minimum Gasteiger partial charge on any atom is -0.491 e. The monoisotopic (exact) mass is 415 g/mol. The average Bonchev–Trinajstić information content (AvgIpc) is 3.03. The van der Waals surface area contributed by atoms with Gasteiger partial charge in [0.25, 0.3) is 0 Å². The Morgan fingerprint density at radius 1 is 1.28 bits per heavy atom. The van der Waals surface area contributed by atoms with Crippen molar-refractivity contribution >= 4 is 28.5 Å². The number of nitrogens with zero attached hydrogens (tertiary/aromatic N) is 3. The van der Waals surface area contributed by atoms with Gasteiger partial charge in [-0.3, -0.25) is 9.63 Å². The number of rotatable bonds is 7. The first-order chi connectivity index (χ1) is 13.6. The summed E-state index contributed by atoms with van der Waals surface area (Å²) in [5.74, 6) is -1.17. The first kappa shape index (κ1) is 22.2. The van der Waals surface area contributed by atoms with Crippen LogP contribution in [0.15, 0.2) is 29.6 Å².